The highest BCUT2D eigenvalue weighted by Gasteiger charge is 2.31. The van der Waals surface area contributed by atoms with E-state index in [1.54, 1.807) is 0 Å². The number of nitro benzene ring substituents is 1. The standard InChI is InChI=1S/C15H21N3O4S/c1-11-3-2-8-17(10-11)23(21,22)13-6-7-14(16-12-4-5-12)15(9-13)18(19)20/h6-7,9,11-12,16H,2-5,8,10H2,1H3/t11-/m1/s1. The van der Waals surface area contributed by atoms with Crippen LogP contribution in [0, 0.1) is 16.0 Å². The van der Waals surface area contributed by atoms with Gasteiger partial charge in [0.1, 0.15) is 5.69 Å². The maximum Gasteiger partial charge on any atom is 0.293 e. The lowest BCUT2D eigenvalue weighted by Gasteiger charge is -2.30. The van der Waals surface area contributed by atoms with E-state index in [0.717, 1.165) is 25.7 Å². The van der Waals surface area contributed by atoms with Crippen molar-refractivity contribution in [1.29, 1.82) is 0 Å². The van der Waals surface area contributed by atoms with Crippen molar-refractivity contribution in [3.8, 4) is 0 Å². The Morgan fingerprint density at radius 2 is 2.04 bits per heavy atom. The van der Waals surface area contributed by atoms with Crippen LogP contribution in [0.3, 0.4) is 0 Å². The van der Waals surface area contributed by atoms with Crippen LogP contribution in [-0.4, -0.2) is 36.8 Å². The van der Waals surface area contributed by atoms with Crippen molar-refractivity contribution in [3.63, 3.8) is 0 Å². The number of nitro groups is 1. The zero-order chi connectivity index (χ0) is 16.6. The molecule has 1 aliphatic heterocycles. The van der Waals surface area contributed by atoms with E-state index in [4.69, 9.17) is 0 Å². The summed E-state index contributed by atoms with van der Waals surface area (Å²) >= 11 is 0. The van der Waals surface area contributed by atoms with Gasteiger partial charge in [0.15, 0.2) is 0 Å². The molecule has 1 atom stereocenters. The van der Waals surface area contributed by atoms with Crippen LogP contribution in [-0.2, 0) is 10.0 Å². The first-order chi connectivity index (χ1) is 10.9. The molecule has 0 spiro atoms. The third kappa shape index (κ3) is 3.48. The van der Waals surface area contributed by atoms with Gasteiger partial charge in [-0.15, -0.1) is 0 Å². The Bertz CT molecular complexity index is 715. The Labute approximate surface area is 135 Å². The molecule has 1 saturated carbocycles. The van der Waals surface area contributed by atoms with Crippen molar-refractivity contribution in [2.75, 3.05) is 18.4 Å². The van der Waals surface area contributed by atoms with Gasteiger partial charge in [-0.3, -0.25) is 10.1 Å². The summed E-state index contributed by atoms with van der Waals surface area (Å²) in [5.41, 5.74) is 0.214. The molecule has 8 heteroatoms. The van der Waals surface area contributed by atoms with E-state index in [0.29, 0.717) is 24.7 Å². The number of hydrogen-bond acceptors (Lipinski definition) is 5. The van der Waals surface area contributed by atoms with Crippen molar-refractivity contribution in [2.24, 2.45) is 5.92 Å². The smallest absolute Gasteiger partial charge is 0.293 e. The van der Waals surface area contributed by atoms with E-state index < -0.39 is 14.9 Å². The van der Waals surface area contributed by atoms with Gasteiger partial charge < -0.3 is 5.32 Å². The fourth-order valence-corrected chi connectivity index (χ4v) is 4.53. The molecule has 2 fully saturated rings. The molecule has 2 aliphatic rings. The zero-order valence-electron chi connectivity index (χ0n) is 13.1. The lowest BCUT2D eigenvalue weighted by atomic mass is 10.0. The largest absolute Gasteiger partial charge is 0.377 e. The maximum atomic E-state index is 12.7. The fourth-order valence-electron chi connectivity index (χ4n) is 2.91. The van der Waals surface area contributed by atoms with Crippen LogP contribution < -0.4 is 5.32 Å². The van der Waals surface area contributed by atoms with Gasteiger partial charge >= 0.3 is 0 Å². The molecule has 1 aromatic rings. The number of anilines is 1. The first-order valence-electron chi connectivity index (χ1n) is 7.93. The van der Waals surface area contributed by atoms with Crippen LogP contribution in [0.25, 0.3) is 0 Å². The molecule has 1 N–H and O–H groups in total. The molecule has 0 aromatic heterocycles. The molecule has 1 aromatic carbocycles. The summed E-state index contributed by atoms with van der Waals surface area (Å²) in [5.74, 6) is 0.310. The number of sulfonamides is 1. The summed E-state index contributed by atoms with van der Waals surface area (Å²) in [6, 6.07) is 4.42. The molecule has 3 rings (SSSR count). The fraction of sp³-hybridized carbons (Fsp3) is 0.600. The van der Waals surface area contributed by atoms with E-state index >= 15 is 0 Å². The van der Waals surface area contributed by atoms with E-state index in [1.165, 1.54) is 22.5 Å². The second-order valence-corrected chi connectivity index (χ2v) is 8.40. The monoisotopic (exact) mass is 339 g/mol. The predicted octanol–water partition coefficient (Wildman–Crippen LogP) is 2.59. The summed E-state index contributed by atoms with van der Waals surface area (Å²) in [6.07, 6.45) is 3.81. The maximum absolute atomic E-state index is 12.7. The molecule has 126 valence electrons. The number of rotatable bonds is 5. The highest BCUT2D eigenvalue weighted by atomic mass is 32.2. The van der Waals surface area contributed by atoms with Crippen LogP contribution in [0.4, 0.5) is 11.4 Å². The van der Waals surface area contributed by atoms with Crippen LogP contribution >= 0.6 is 0 Å². The number of hydrogen-bond donors (Lipinski definition) is 1. The highest BCUT2D eigenvalue weighted by molar-refractivity contribution is 7.89. The Morgan fingerprint density at radius 3 is 2.65 bits per heavy atom. The number of nitrogens with one attached hydrogen (secondary N) is 1. The van der Waals surface area contributed by atoms with Gasteiger partial charge in [-0.2, -0.15) is 4.31 Å². The first kappa shape index (κ1) is 16.2. The summed E-state index contributed by atoms with van der Waals surface area (Å²) in [4.78, 5) is 10.8. The zero-order valence-corrected chi connectivity index (χ0v) is 13.9. The molecule has 1 heterocycles. The minimum atomic E-state index is -3.68. The summed E-state index contributed by atoms with van der Waals surface area (Å²) in [5, 5.41) is 14.4. The van der Waals surface area contributed by atoms with Gasteiger partial charge in [0, 0.05) is 25.2 Å². The van der Waals surface area contributed by atoms with Gasteiger partial charge in [0.25, 0.3) is 5.69 Å². The summed E-state index contributed by atoms with van der Waals surface area (Å²) in [7, 11) is -3.68. The number of benzene rings is 1. The molecular formula is C15H21N3O4S. The molecule has 0 amide bonds. The lowest BCUT2D eigenvalue weighted by Crippen LogP contribution is -2.39. The van der Waals surface area contributed by atoms with E-state index in [9.17, 15) is 18.5 Å². The molecule has 0 unspecified atom stereocenters. The summed E-state index contributed by atoms with van der Waals surface area (Å²) < 4.78 is 26.9. The third-order valence-electron chi connectivity index (χ3n) is 4.36. The van der Waals surface area contributed by atoms with Crippen molar-refractivity contribution in [1.82, 2.24) is 4.31 Å². The summed E-state index contributed by atoms with van der Waals surface area (Å²) in [6.45, 7) is 2.97. The molecular weight excluding hydrogens is 318 g/mol. The average molecular weight is 339 g/mol. The number of nitrogens with zero attached hydrogens (tertiary/aromatic N) is 2. The lowest BCUT2D eigenvalue weighted by molar-refractivity contribution is -0.384. The van der Waals surface area contributed by atoms with E-state index in [2.05, 4.69) is 5.32 Å². The Kier molecular flexibility index (Phi) is 4.29. The average Bonchev–Trinajstić information content (AvgIpc) is 3.31. The van der Waals surface area contributed by atoms with Gasteiger partial charge in [-0.05, 0) is 43.7 Å². The normalized spacial score (nSPS) is 22.7. The molecule has 7 nitrogen and oxygen atoms in total. The van der Waals surface area contributed by atoms with Gasteiger partial charge in [0.2, 0.25) is 10.0 Å². The predicted molar refractivity (Wildman–Crippen MR) is 86.9 cm³/mol. The Morgan fingerprint density at radius 1 is 1.30 bits per heavy atom. The quantitative estimate of drug-likeness (QED) is 0.657. The van der Waals surface area contributed by atoms with Gasteiger partial charge in [-0.1, -0.05) is 6.92 Å². The molecule has 0 radical (unpaired) electrons. The third-order valence-corrected chi connectivity index (χ3v) is 6.22. The van der Waals surface area contributed by atoms with Gasteiger partial charge in [-0.25, -0.2) is 8.42 Å². The second-order valence-electron chi connectivity index (χ2n) is 6.47. The van der Waals surface area contributed by atoms with Crippen LogP contribution in [0.5, 0.6) is 0 Å². The minimum Gasteiger partial charge on any atom is -0.377 e. The number of piperidine rings is 1. The van der Waals surface area contributed by atoms with Crippen molar-refractivity contribution < 1.29 is 13.3 Å². The van der Waals surface area contributed by atoms with Crippen LogP contribution in [0.2, 0.25) is 0 Å². The first-order valence-corrected chi connectivity index (χ1v) is 9.37. The van der Waals surface area contributed by atoms with Crippen LogP contribution in [0.15, 0.2) is 23.1 Å². The highest BCUT2D eigenvalue weighted by Crippen LogP contribution is 2.33. The van der Waals surface area contributed by atoms with E-state index in [-0.39, 0.29) is 16.6 Å². The van der Waals surface area contributed by atoms with Crippen molar-refractivity contribution in [2.45, 2.75) is 43.5 Å². The van der Waals surface area contributed by atoms with Crippen molar-refractivity contribution in [3.05, 3.63) is 28.3 Å². The molecule has 23 heavy (non-hydrogen) atoms. The molecule has 0 bridgehead atoms. The van der Waals surface area contributed by atoms with Crippen LogP contribution in [0.1, 0.15) is 32.6 Å². The van der Waals surface area contributed by atoms with Gasteiger partial charge in [0.05, 0.1) is 9.82 Å². The minimum absolute atomic E-state index is 0.000327. The molecule has 1 saturated heterocycles. The van der Waals surface area contributed by atoms with Crippen molar-refractivity contribution >= 4 is 21.4 Å². The Balaban J connectivity index is 1.92. The topological polar surface area (TPSA) is 92.6 Å². The SMILES string of the molecule is C[C@@H]1CCCN(S(=O)(=O)c2ccc(NC3CC3)c([N+](=O)[O-])c2)C1. The second kappa shape index (κ2) is 6.09. The van der Waals surface area contributed by atoms with E-state index in [1.807, 2.05) is 6.92 Å². The molecule has 1 aliphatic carbocycles. The Hall–Kier alpha value is -1.67.